The highest BCUT2D eigenvalue weighted by Crippen LogP contribution is 2.58. The van der Waals surface area contributed by atoms with E-state index in [-0.39, 0.29) is 5.41 Å². The summed E-state index contributed by atoms with van der Waals surface area (Å²) in [5.74, 6) is 1.86. The summed E-state index contributed by atoms with van der Waals surface area (Å²) in [7, 11) is 0. The molecule has 0 atom stereocenters. The lowest BCUT2D eigenvalue weighted by atomic mass is 9.67. The van der Waals surface area contributed by atoms with Crippen LogP contribution in [0.1, 0.15) is 43.2 Å². The number of fused-ring (bicyclic) bond motifs is 9. The van der Waals surface area contributed by atoms with Crippen molar-refractivity contribution >= 4 is 38.4 Å². The van der Waals surface area contributed by atoms with E-state index in [1.54, 1.807) is 0 Å². The molecule has 0 radical (unpaired) electrons. The first-order valence-corrected chi connectivity index (χ1v) is 17.0. The van der Waals surface area contributed by atoms with Crippen molar-refractivity contribution in [2.75, 3.05) is 0 Å². The average Bonchev–Trinajstić information content (AvgIpc) is 3.67. The van der Waals surface area contributed by atoms with Gasteiger partial charge in [-0.2, -0.15) is 0 Å². The SMILES string of the molecule is [C-]#[N+]c1cccc2c1-c1ccc(-c3nc(-c4ccc5ccccc5c4)nc(-c4ccc5c(c4)oc4ccccc45)n3)cc1C21CCCCC1. The van der Waals surface area contributed by atoms with Crippen LogP contribution in [0.5, 0.6) is 0 Å². The molecule has 1 spiro atoms. The minimum atomic E-state index is -0.0943. The third kappa shape index (κ3) is 4.27. The van der Waals surface area contributed by atoms with E-state index < -0.39 is 0 Å². The fraction of sp³-hybridized carbons (Fsp3) is 0.136. The van der Waals surface area contributed by atoms with Crippen LogP contribution >= 0.6 is 0 Å². The Balaban J connectivity index is 1.18. The molecule has 0 amide bonds. The quantitative estimate of drug-likeness (QED) is 0.182. The molecule has 49 heavy (non-hydrogen) atoms. The Morgan fingerprint density at radius 1 is 0.551 bits per heavy atom. The van der Waals surface area contributed by atoms with E-state index in [1.807, 2.05) is 30.3 Å². The summed E-state index contributed by atoms with van der Waals surface area (Å²) < 4.78 is 6.26. The minimum absolute atomic E-state index is 0.0943. The Morgan fingerprint density at radius 2 is 1.22 bits per heavy atom. The van der Waals surface area contributed by atoms with Gasteiger partial charge in [0.15, 0.2) is 23.2 Å². The summed E-state index contributed by atoms with van der Waals surface area (Å²) in [4.78, 5) is 19.3. The number of nitrogens with zero attached hydrogens (tertiary/aromatic N) is 4. The summed E-state index contributed by atoms with van der Waals surface area (Å²) in [5, 5.41) is 4.47. The number of hydrogen-bond donors (Lipinski definition) is 0. The molecule has 0 aliphatic heterocycles. The lowest BCUT2D eigenvalue weighted by Gasteiger charge is -2.36. The largest absolute Gasteiger partial charge is 0.456 e. The van der Waals surface area contributed by atoms with Gasteiger partial charge in [0.25, 0.3) is 0 Å². The molecule has 1 saturated carbocycles. The van der Waals surface area contributed by atoms with E-state index in [4.69, 9.17) is 25.9 Å². The number of hydrogen-bond acceptors (Lipinski definition) is 4. The van der Waals surface area contributed by atoms with Gasteiger partial charge in [-0.3, -0.25) is 0 Å². The molecule has 5 nitrogen and oxygen atoms in total. The predicted molar refractivity (Wildman–Crippen MR) is 196 cm³/mol. The zero-order chi connectivity index (χ0) is 32.5. The normalized spacial score (nSPS) is 14.7. The molecule has 2 heterocycles. The molecule has 0 bridgehead atoms. The fourth-order valence-corrected chi connectivity index (χ4v) is 8.41. The van der Waals surface area contributed by atoms with Gasteiger partial charge in [-0.1, -0.05) is 110 Å². The highest BCUT2D eigenvalue weighted by atomic mass is 16.3. The summed E-state index contributed by atoms with van der Waals surface area (Å²) in [6, 6.07) is 42.0. The van der Waals surface area contributed by atoms with E-state index in [1.165, 1.54) is 41.3 Å². The van der Waals surface area contributed by atoms with Crippen LogP contribution in [-0.2, 0) is 5.41 Å². The van der Waals surface area contributed by atoms with E-state index >= 15 is 0 Å². The Kier molecular flexibility index (Phi) is 6.10. The monoisotopic (exact) mass is 630 g/mol. The first kappa shape index (κ1) is 27.9. The molecule has 1 fully saturated rings. The van der Waals surface area contributed by atoms with Gasteiger partial charge in [0.05, 0.1) is 6.57 Å². The third-order valence-corrected chi connectivity index (χ3v) is 10.7. The van der Waals surface area contributed by atoms with Crippen LogP contribution in [0, 0.1) is 6.57 Å². The first-order valence-electron chi connectivity index (χ1n) is 17.0. The second-order valence-corrected chi connectivity index (χ2v) is 13.4. The van der Waals surface area contributed by atoms with Gasteiger partial charge in [-0.25, -0.2) is 19.8 Å². The molecule has 2 aliphatic carbocycles. The van der Waals surface area contributed by atoms with Crippen molar-refractivity contribution in [2.24, 2.45) is 0 Å². The van der Waals surface area contributed by atoms with Gasteiger partial charge in [-0.15, -0.1) is 0 Å². The molecule has 0 unspecified atom stereocenters. The van der Waals surface area contributed by atoms with E-state index in [9.17, 15) is 0 Å². The maximum atomic E-state index is 7.97. The summed E-state index contributed by atoms with van der Waals surface area (Å²) >= 11 is 0. The Bertz CT molecular complexity index is 2670. The molecule has 10 rings (SSSR count). The van der Waals surface area contributed by atoms with Crippen molar-refractivity contribution < 1.29 is 4.42 Å². The lowest BCUT2D eigenvalue weighted by Crippen LogP contribution is -2.28. The van der Waals surface area contributed by atoms with Crippen molar-refractivity contribution in [3.63, 3.8) is 0 Å². The second kappa shape index (κ2) is 10.7. The summed E-state index contributed by atoms with van der Waals surface area (Å²) in [6.45, 7) is 7.97. The zero-order valence-corrected chi connectivity index (χ0v) is 26.8. The maximum Gasteiger partial charge on any atom is 0.195 e. The molecule has 0 N–H and O–H groups in total. The topological polar surface area (TPSA) is 56.2 Å². The van der Waals surface area contributed by atoms with Crippen LogP contribution in [0.4, 0.5) is 5.69 Å². The second-order valence-electron chi connectivity index (χ2n) is 13.4. The smallest absolute Gasteiger partial charge is 0.195 e. The van der Waals surface area contributed by atoms with Gasteiger partial charge in [0, 0.05) is 32.9 Å². The predicted octanol–water partition coefficient (Wildman–Crippen LogP) is 11.7. The van der Waals surface area contributed by atoms with Crippen molar-refractivity contribution in [1.29, 1.82) is 0 Å². The summed E-state index contributed by atoms with van der Waals surface area (Å²) in [5.41, 5.74) is 9.95. The minimum Gasteiger partial charge on any atom is -0.456 e. The Hall–Kier alpha value is -6.12. The number of benzene rings is 6. The molecule has 2 aliphatic rings. The Labute approximate surface area is 283 Å². The van der Waals surface area contributed by atoms with Crippen LogP contribution in [0.25, 0.3) is 82.8 Å². The van der Waals surface area contributed by atoms with Crippen LogP contribution < -0.4 is 0 Å². The molecule has 232 valence electrons. The first-order chi connectivity index (χ1) is 24.2. The van der Waals surface area contributed by atoms with Crippen molar-refractivity contribution in [2.45, 2.75) is 37.5 Å². The maximum absolute atomic E-state index is 7.97. The van der Waals surface area contributed by atoms with Crippen LogP contribution in [0.2, 0.25) is 0 Å². The molecule has 0 saturated heterocycles. The van der Waals surface area contributed by atoms with Gasteiger partial charge >= 0.3 is 0 Å². The van der Waals surface area contributed by atoms with E-state index in [2.05, 4.69) is 95.8 Å². The average molecular weight is 631 g/mol. The molecule has 5 heteroatoms. The molecule has 8 aromatic rings. The molecule has 6 aromatic carbocycles. The zero-order valence-electron chi connectivity index (χ0n) is 26.8. The van der Waals surface area contributed by atoms with Crippen LogP contribution in [0.3, 0.4) is 0 Å². The summed E-state index contributed by atoms with van der Waals surface area (Å²) in [6.07, 6.45) is 5.77. The fourth-order valence-electron chi connectivity index (χ4n) is 8.41. The van der Waals surface area contributed by atoms with E-state index in [0.717, 1.165) is 68.1 Å². The van der Waals surface area contributed by atoms with Gasteiger partial charge in [-0.05, 0) is 76.2 Å². The van der Waals surface area contributed by atoms with Crippen molar-refractivity contribution in [3.8, 4) is 45.3 Å². The number of rotatable bonds is 3. The standard InChI is InChI=1S/C44H30N4O/c1-45-37-14-9-13-35-40(37)34-21-19-30(25-36(34)44(35)22-7-2-8-23-44)42-46-41(29-17-16-27-10-3-4-11-28(27)24-29)47-43(48-42)31-18-20-33-32-12-5-6-15-38(32)49-39(33)26-31/h3-6,9-21,24-26H,2,7-8,22-23H2. The van der Waals surface area contributed by atoms with Crippen molar-refractivity contribution in [3.05, 3.63) is 144 Å². The molecule has 2 aromatic heterocycles. The van der Waals surface area contributed by atoms with Gasteiger partial charge < -0.3 is 4.42 Å². The molecular formula is C44H30N4O. The number of aromatic nitrogens is 3. The van der Waals surface area contributed by atoms with Gasteiger partial charge in [0.1, 0.15) is 11.2 Å². The van der Waals surface area contributed by atoms with Crippen LogP contribution in [-0.4, -0.2) is 15.0 Å². The lowest BCUT2D eigenvalue weighted by molar-refractivity contribution is 0.353. The number of para-hydroxylation sites is 1. The third-order valence-electron chi connectivity index (χ3n) is 10.7. The highest BCUT2D eigenvalue weighted by molar-refractivity contribution is 6.05. The van der Waals surface area contributed by atoms with Crippen LogP contribution in [0.15, 0.2) is 126 Å². The molecular weight excluding hydrogens is 601 g/mol. The van der Waals surface area contributed by atoms with E-state index in [0.29, 0.717) is 17.5 Å². The number of furan rings is 1. The highest BCUT2D eigenvalue weighted by Gasteiger charge is 2.44. The Morgan fingerprint density at radius 3 is 2.04 bits per heavy atom. The van der Waals surface area contributed by atoms with Crippen molar-refractivity contribution in [1.82, 2.24) is 15.0 Å². The van der Waals surface area contributed by atoms with Gasteiger partial charge in [0.2, 0.25) is 0 Å².